The molecule has 1 heterocycles. The molecule has 0 saturated carbocycles. The van der Waals surface area contributed by atoms with Gasteiger partial charge < -0.3 is 40.5 Å². The molecule has 0 fully saturated rings. The van der Waals surface area contributed by atoms with E-state index in [2.05, 4.69) is 10.6 Å². The predicted octanol–water partition coefficient (Wildman–Crippen LogP) is 4.47. The van der Waals surface area contributed by atoms with Gasteiger partial charge in [0.15, 0.2) is 23.0 Å². The van der Waals surface area contributed by atoms with E-state index in [0.717, 1.165) is 11.1 Å². The predicted molar refractivity (Wildman–Crippen MR) is 168 cm³/mol. The maximum atomic E-state index is 13.7. The van der Waals surface area contributed by atoms with Crippen LogP contribution in [0.4, 0.5) is 0 Å². The van der Waals surface area contributed by atoms with Gasteiger partial charge in [-0.2, -0.15) is 0 Å². The molecule has 0 aromatic heterocycles. The lowest BCUT2D eigenvalue weighted by Crippen LogP contribution is -2.33. The Bertz CT molecular complexity index is 1700. The Kier molecular flexibility index (Phi) is 9.43. The molecule has 5 rings (SSSR count). The van der Waals surface area contributed by atoms with Gasteiger partial charge in [0.2, 0.25) is 11.8 Å². The summed E-state index contributed by atoms with van der Waals surface area (Å²) in [5.41, 5.74) is 3.55. The monoisotopic (exact) mass is 610 g/mol. The highest BCUT2D eigenvalue weighted by atomic mass is 16.5. The molecule has 1 aliphatic rings. The SMILES string of the molecule is COc1cc(C=CC(=O)NCCc2ccc(O)cc2)cc2c1OC(c1ccc(O)c(O)c1)C2C(=O)NCCc1ccc(O)cc1. The lowest BCUT2D eigenvalue weighted by atomic mass is 9.89. The summed E-state index contributed by atoms with van der Waals surface area (Å²) in [5.74, 6) is -1.02. The average molecular weight is 611 g/mol. The second-order valence-electron chi connectivity index (χ2n) is 10.7. The van der Waals surface area contributed by atoms with Gasteiger partial charge in [0.25, 0.3) is 0 Å². The molecule has 0 saturated heterocycles. The molecule has 2 unspecified atom stereocenters. The zero-order valence-corrected chi connectivity index (χ0v) is 24.6. The van der Waals surface area contributed by atoms with Crippen molar-refractivity contribution in [2.75, 3.05) is 20.2 Å². The minimum absolute atomic E-state index is 0.160. The van der Waals surface area contributed by atoms with Crippen molar-refractivity contribution in [2.24, 2.45) is 0 Å². The number of benzene rings is 4. The van der Waals surface area contributed by atoms with E-state index in [-0.39, 0.29) is 34.8 Å². The number of nitrogens with one attached hydrogen (secondary N) is 2. The summed E-state index contributed by atoms with van der Waals surface area (Å²) in [4.78, 5) is 26.3. The number of carbonyl (C=O) groups excluding carboxylic acids is 2. The third-order valence-electron chi connectivity index (χ3n) is 7.54. The van der Waals surface area contributed by atoms with Crippen LogP contribution in [-0.2, 0) is 22.4 Å². The number of hydrogen-bond donors (Lipinski definition) is 6. The minimum atomic E-state index is -0.842. The van der Waals surface area contributed by atoms with E-state index in [9.17, 15) is 30.0 Å². The Morgan fingerprint density at radius 3 is 2.02 bits per heavy atom. The maximum Gasteiger partial charge on any atom is 0.244 e. The van der Waals surface area contributed by atoms with Crippen LogP contribution in [0.15, 0.2) is 84.9 Å². The van der Waals surface area contributed by atoms with Crippen LogP contribution in [-0.4, -0.2) is 52.4 Å². The summed E-state index contributed by atoms with van der Waals surface area (Å²) < 4.78 is 11.9. The molecule has 2 atom stereocenters. The van der Waals surface area contributed by atoms with Crippen LogP contribution in [0.3, 0.4) is 0 Å². The van der Waals surface area contributed by atoms with Gasteiger partial charge in [-0.1, -0.05) is 30.3 Å². The van der Waals surface area contributed by atoms with Crippen LogP contribution in [0.1, 0.15) is 39.8 Å². The molecule has 0 spiro atoms. The summed E-state index contributed by atoms with van der Waals surface area (Å²) in [6.45, 7) is 0.729. The van der Waals surface area contributed by atoms with Crippen LogP contribution in [0.5, 0.6) is 34.5 Å². The van der Waals surface area contributed by atoms with E-state index in [1.54, 1.807) is 72.8 Å². The third-order valence-corrected chi connectivity index (χ3v) is 7.54. The van der Waals surface area contributed by atoms with Crippen molar-refractivity contribution in [3.05, 3.63) is 113 Å². The molecule has 4 aromatic carbocycles. The quantitative estimate of drug-likeness (QED) is 0.107. The minimum Gasteiger partial charge on any atom is -0.508 e. The van der Waals surface area contributed by atoms with E-state index in [0.29, 0.717) is 54.1 Å². The molecule has 10 nitrogen and oxygen atoms in total. The van der Waals surface area contributed by atoms with Crippen molar-refractivity contribution in [3.8, 4) is 34.5 Å². The first-order valence-corrected chi connectivity index (χ1v) is 14.4. The number of fused-ring (bicyclic) bond motifs is 1. The van der Waals surface area contributed by atoms with Crippen LogP contribution >= 0.6 is 0 Å². The largest absolute Gasteiger partial charge is 0.508 e. The molecule has 0 radical (unpaired) electrons. The lowest BCUT2D eigenvalue weighted by molar-refractivity contribution is -0.124. The smallest absolute Gasteiger partial charge is 0.244 e. The fourth-order valence-corrected chi connectivity index (χ4v) is 5.19. The van der Waals surface area contributed by atoms with E-state index < -0.39 is 12.0 Å². The molecule has 1 aliphatic heterocycles. The number of hydrogen-bond acceptors (Lipinski definition) is 8. The van der Waals surface area contributed by atoms with Crippen molar-refractivity contribution in [2.45, 2.75) is 24.9 Å². The molecule has 6 N–H and O–H groups in total. The van der Waals surface area contributed by atoms with Gasteiger partial charge in [-0.3, -0.25) is 9.59 Å². The van der Waals surface area contributed by atoms with Gasteiger partial charge in [-0.05, 0) is 89.7 Å². The first-order valence-electron chi connectivity index (χ1n) is 14.4. The highest BCUT2D eigenvalue weighted by Gasteiger charge is 2.42. The van der Waals surface area contributed by atoms with E-state index >= 15 is 0 Å². The van der Waals surface area contributed by atoms with Crippen LogP contribution in [0, 0.1) is 0 Å². The van der Waals surface area contributed by atoms with Crippen molar-refractivity contribution in [3.63, 3.8) is 0 Å². The van der Waals surface area contributed by atoms with Gasteiger partial charge in [-0.25, -0.2) is 0 Å². The van der Waals surface area contributed by atoms with Gasteiger partial charge in [0, 0.05) is 24.7 Å². The Morgan fingerprint density at radius 1 is 0.800 bits per heavy atom. The lowest BCUT2D eigenvalue weighted by Gasteiger charge is -2.20. The Labute approximate surface area is 260 Å². The molecule has 232 valence electrons. The maximum absolute atomic E-state index is 13.7. The molecule has 2 amide bonds. The number of rotatable bonds is 11. The Morgan fingerprint density at radius 2 is 1.42 bits per heavy atom. The van der Waals surface area contributed by atoms with Crippen LogP contribution in [0.2, 0.25) is 0 Å². The number of amides is 2. The molecular formula is C35H34N2O8. The number of ether oxygens (including phenoxy) is 2. The molecule has 0 aliphatic carbocycles. The van der Waals surface area contributed by atoms with E-state index in [1.165, 1.54) is 25.3 Å². The summed E-state index contributed by atoms with van der Waals surface area (Å²) in [5, 5.41) is 44.8. The van der Waals surface area contributed by atoms with Crippen molar-refractivity contribution >= 4 is 17.9 Å². The second-order valence-corrected chi connectivity index (χ2v) is 10.7. The summed E-state index contributed by atoms with van der Waals surface area (Å²) in [7, 11) is 1.48. The first kappa shape index (κ1) is 30.8. The highest BCUT2D eigenvalue weighted by Crippen LogP contribution is 2.51. The summed E-state index contributed by atoms with van der Waals surface area (Å²) in [6, 6.07) is 21.3. The number of phenolic OH excluding ortho intramolecular Hbond substituents is 4. The summed E-state index contributed by atoms with van der Waals surface area (Å²) in [6.07, 6.45) is 3.32. The molecule has 0 bridgehead atoms. The number of aromatic hydroxyl groups is 4. The van der Waals surface area contributed by atoms with Gasteiger partial charge in [0.05, 0.1) is 7.11 Å². The van der Waals surface area contributed by atoms with Crippen LogP contribution < -0.4 is 20.1 Å². The summed E-state index contributed by atoms with van der Waals surface area (Å²) >= 11 is 0. The van der Waals surface area contributed by atoms with E-state index in [1.807, 2.05) is 0 Å². The van der Waals surface area contributed by atoms with Crippen molar-refractivity contribution in [1.82, 2.24) is 10.6 Å². The Balaban J connectivity index is 1.35. The van der Waals surface area contributed by atoms with Gasteiger partial charge in [0.1, 0.15) is 23.5 Å². The zero-order valence-electron chi connectivity index (χ0n) is 24.6. The molecule has 45 heavy (non-hydrogen) atoms. The first-order chi connectivity index (χ1) is 21.7. The van der Waals surface area contributed by atoms with Gasteiger partial charge in [-0.15, -0.1) is 0 Å². The number of carbonyl (C=O) groups is 2. The third kappa shape index (κ3) is 7.48. The van der Waals surface area contributed by atoms with Gasteiger partial charge >= 0.3 is 0 Å². The fraction of sp³-hybridized carbons (Fsp3) is 0.200. The van der Waals surface area contributed by atoms with Crippen molar-refractivity contribution in [1.29, 1.82) is 0 Å². The second kappa shape index (κ2) is 13.8. The molecule has 4 aromatic rings. The normalized spacial score (nSPS) is 15.3. The van der Waals surface area contributed by atoms with Crippen molar-refractivity contribution < 1.29 is 39.5 Å². The topological polar surface area (TPSA) is 158 Å². The van der Waals surface area contributed by atoms with Crippen LogP contribution in [0.25, 0.3) is 6.08 Å². The molecular weight excluding hydrogens is 576 g/mol. The standard InChI is InChI=1S/C35H34N2O8/c1-44-30-19-23(6-13-31(42)36-16-14-21-2-8-25(38)9-3-21)18-27-32(35(43)37-17-15-22-4-10-26(39)11-5-22)33(45-34(27)30)24-7-12-28(40)29(41)20-24/h2-13,18-20,32-33,38-41H,14-17H2,1H3,(H,36,42)(H,37,43). The number of methoxy groups -OCH3 is 1. The average Bonchev–Trinajstić information content (AvgIpc) is 3.42. The Hall–Kier alpha value is -5.64. The zero-order chi connectivity index (χ0) is 31.9. The number of phenols is 4. The fourth-order valence-electron chi connectivity index (χ4n) is 5.19. The molecule has 10 heteroatoms. The van der Waals surface area contributed by atoms with E-state index in [4.69, 9.17) is 9.47 Å². The highest BCUT2D eigenvalue weighted by molar-refractivity contribution is 5.92.